The van der Waals surface area contributed by atoms with E-state index in [1.54, 1.807) is 6.07 Å². The van der Waals surface area contributed by atoms with Gasteiger partial charge in [-0.15, -0.1) is 0 Å². The minimum absolute atomic E-state index is 0.109. The van der Waals surface area contributed by atoms with Gasteiger partial charge in [-0.2, -0.15) is 4.73 Å². The van der Waals surface area contributed by atoms with E-state index in [0.717, 1.165) is 19.3 Å². The molecular weight excluding hydrogens is 226 g/mol. The summed E-state index contributed by atoms with van der Waals surface area (Å²) in [7, 11) is -3.44. The maximum absolute atomic E-state index is 12.2. The standard InChI is InChI=1S/C11H15NO3S/c13-12-9-5-4-8-11(12)16(14,15)10-6-2-1-3-7-10/h4-5,8-10H,1-3,6-7H2. The van der Waals surface area contributed by atoms with E-state index in [1.165, 1.54) is 18.3 Å². The molecule has 0 saturated heterocycles. The topological polar surface area (TPSA) is 61.1 Å². The van der Waals surface area contributed by atoms with E-state index in [1.807, 2.05) is 0 Å². The van der Waals surface area contributed by atoms with E-state index in [2.05, 4.69) is 0 Å². The van der Waals surface area contributed by atoms with Crippen LogP contribution in [0.15, 0.2) is 29.4 Å². The van der Waals surface area contributed by atoms with Crippen LogP contribution < -0.4 is 4.73 Å². The van der Waals surface area contributed by atoms with Crippen LogP contribution in [0.25, 0.3) is 0 Å². The van der Waals surface area contributed by atoms with Crippen molar-refractivity contribution in [1.82, 2.24) is 0 Å². The first-order valence-electron chi connectivity index (χ1n) is 5.54. The van der Waals surface area contributed by atoms with Gasteiger partial charge < -0.3 is 5.21 Å². The molecule has 0 atom stereocenters. The van der Waals surface area contributed by atoms with E-state index >= 15 is 0 Å². The van der Waals surface area contributed by atoms with Gasteiger partial charge in [-0.1, -0.05) is 19.3 Å². The smallest absolute Gasteiger partial charge is 0.308 e. The minimum atomic E-state index is -3.44. The second kappa shape index (κ2) is 4.41. The van der Waals surface area contributed by atoms with E-state index in [4.69, 9.17) is 0 Å². The Bertz CT molecular complexity index is 464. The first-order chi connectivity index (χ1) is 7.62. The molecule has 16 heavy (non-hydrogen) atoms. The Labute approximate surface area is 95.4 Å². The molecular formula is C11H15NO3S. The molecule has 0 aliphatic heterocycles. The van der Waals surface area contributed by atoms with Gasteiger partial charge in [0.1, 0.15) is 0 Å². The van der Waals surface area contributed by atoms with Crippen molar-refractivity contribution < 1.29 is 13.1 Å². The maximum Gasteiger partial charge on any atom is 0.308 e. The highest BCUT2D eigenvalue weighted by atomic mass is 32.2. The highest BCUT2D eigenvalue weighted by Gasteiger charge is 2.34. The van der Waals surface area contributed by atoms with Crippen LogP contribution in [0.2, 0.25) is 0 Å². The largest absolute Gasteiger partial charge is 0.618 e. The number of sulfone groups is 1. The van der Waals surface area contributed by atoms with Crippen molar-refractivity contribution in [2.75, 3.05) is 0 Å². The third-order valence-electron chi connectivity index (χ3n) is 3.07. The van der Waals surface area contributed by atoms with Crippen molar-refractivity contribution >= 4 is 9.84 Å². The molecule has 0 amide bonds. The Morgan fingerprint density at radius 1 is 1.19 bits per heavy atom. The zero-order valence-electron chi connectivity index (χ0n) is 9.00. The monoisotopic (exact) mass is 241 g/mol. The molecule has 0 aromatic carbocycles. The summed E-state index contributed by atoms with van der Waals surface area (Å²) in [6.07, 6.45) is 5.56. The number of hydrogen-bond donors (Lipinski definition) is 0. The average Bonchev–Trinajstić information content (AvgIpc) is 2.30. The Hall–Kier alpha value is -1.10. The summed E-state index contributed by atoms with van der Waals surface area (Å²) in [6.45, 7) is 0. The van der Waals surface area contributed by atoms with Gasteiger partial charge in [0.2, 0.25) is 9.84 Å². The van der Waals surface area contributed by atoms with Gasteiger partial charge in [-0.25, -0.2) is 8.42 Å². The van der Waals surface area contributed by atoms with Crippen LogP contribution in [0.5, 0.6) is 0 Å². The second-order valence-electron chi connectivity index (χ2n) is 4.17. The van der Waals surface area contributed by atoms with Crippen LogP contribution in [0.3, 0.4) is 0 Å². The van der Waals surface area contributed by atoms with Crippen molar-refractivity contribution in [3.8, 4) is 0 Å². The van der Waals surface area contributed by atoms with Crippen molar-refractivity contribution in [3.63, 3.8) is 0 Å². The molecule has 1 aromatic heterocycles. The Morgan fingerprint density at radius 2 is 1.88 bits per heavy atom. The quantitative estimate of drug-likeness (QED) is 0.581. The summed E-state index contributed by atoms with van der Waals surface area (Å²) < 4.78 is 24.8. The second-order valence-corrected chi connectivity index (χ2v) is 6.34. The average molecular weight is 241 g/mol. The summed E-state index contributed by atoms with van der Waals surface area (Å²) in [5.74, 6) is 0. The summed E-state index contributed by atoms with van der Waals surface area (Å²) >= 11 is 0. The van der Waals surface area contributed by atoms with Crippen LogP contribution in [-0.4, -0.2) is 13.7 Å². The van der Waals surface area contributed by atoms with Crippen LogP contribution in [0.4, 0.5) is 0 Å². The molecule has 1 fully saturated rings. The molecule has 1 aliphatic carbocycles. The Morgan fingerprint density at radius 3 is 2.50 bits per heavy atom. The summed E-state index contributed by atoms with van der Waals surface area (Å²) in [5, 5.41) is 11.0. The molecule has 0 spiro atoms. The van der Waals surface area contributed by atoms with Crippen molar-refractivity contribution in [3.05, 3.63) is 29.6 Å². The summed E-state index contributed by atoms with van der Waals surface area (Å²) in [6, 6.07) is 4.51. The van der Waals surface area contributed by atoms with Crippen molar-refractivity contribution in [1.29, 1.82) is 0 Å². The molecule has 1 heterocycles. The summed E-state index contributed by atoms with van der Waals surface area (Å²) in [4.78, 5) is 0. The number of aromatic nitrogens is 1. The van der Waals surface area contributed by atoms with Gasteiger partial charge in [-0.05, 0) is 18.9 Å². The molecule has 1 aliphatic rings. The zero-order valence-corrected chi connectivity index (χ0v) is 9.82. The van der Waals surface area contributed by atoms with E-state index < -0.39 is 9.84 Å². The molecule has 0 N–H and O–H groups in total. The van der Waals surface area contributed by atoms with Gasteiger partial charge in [0, 0.05) is 12.1 Å². The van der Waals surface area contributed by atoms with Gasteiger partial charge in [0.15, 0.2) is 6.20 Å². The number of nitrogens with zero attached hydrogens (tertiary/aromatic N) is 1. The lowest BCUT2D eigenvalue weighted by atomic mass is 10.0. The molecule has 1 aromatic rings. The predicted octanol–water partition coefficient (Wildman–Crippen LogP) is 1.43. The first kappa shape index (κ1) is 11.4. The lowest BCUT2D eigenvalue weighted by molar-refractivity contribution is -0.646. The van der Waals surface area contributed by atoms with Gasteiger partial charge in [0.25, 0.3) is 0 Å². The molecule has 2 rings (SSSR count). The summed E-state index contributed by atoms with van der Waals surface area (Å²) in [5.41, 5.74) is 0. The number of rotatable bonds is 2. The van der Waals surface area contributed by atoms with Crippen LogP contribution >= 0.6 is 0 Å². The molecule has 5 heteroatoms. The van der Waals surface area contributed by atoms with Gasteiger partial charge >= 0.3 is 5.03 Å². The fourth-order valence-electron chi connectivity index (χ4n) is 2.18. The zero-order chi connectivity index (χ0) is 11.6. The third-order valence-corrected chi connectivity index (χ3v) is 5.32. The van der Waals surface area contributed by atoms with Gasteiger partial charge in [0.05, 0.1) is 5.25 Å². The first-order valence-corrected chi connectivity index (χ1v) is 7.09. The molecule has 0 unspecified atom stereocenters. The Kier molecular flexibility index (Phi) is 3.14. The minimum Gasteiger partial charge on any atom is -0.618 e. The lowest BCUT2D eigenvalue weighted by Crippen LogP contribution is -2.37. The van der Waals surface area contributed by atoms with Crippen molar-refractivity contribution in [2.45, 2.75) is 42.4 Å². The van der Waals surface area contributed by atoms with Crippen LogP contribution in [0.1, 0.15) is 32.1 Å². The molecule has 0 bridgehead atoms. The highest BCUT2D eigenvalue weighted by Crippen LogP contribution is 2.26. The van der Waals surface area contributed by atoms with Gasteiger partial charge in [-0.3, -0.25) is 0 Å². The third kappa shape index (κ3) is 2.04. The molecule has 88 valence electrons. The lowest BCUT2D eigenvalue weighted by Gasteiger charge is -2.20. The molecule has 4 nitrogen and oxygen atoms in total. The predicted molar refractivity (Wildman–Crippen MR) is 59.5 cm³/mol. The van der Waals surface area contributed by atoms with Crippen LogP contribution in [0, 0.1) is 5.21 Å². The van der Waals surface area contributed by atoms with Crippen molar-refractivity contribution in [2.24, 2.45) is 0 Å². The maximum atomic E-state index is 12.2. The highest BCUT2D eigenvalue weighted by molar-refractivity contribution is 7.91. The fourth-order valence-corrected chi connectivity index (χ4v) is 4.05. The SMILES string of the molecule is O=S(=O)(c1cccc[n+]1[O-])C1CCCCC1. The molecule has 1 saturated carbocycles. The number of pyridine rings is 1. The van der Waals surface area contributed by atoms with E-state index in [0.29, 0.717) is 17.6 Å². The Balaban J connectivity index is 2.35. The van der Waals surface area contributed by atoms with Crippen LogP contribution in [-0.2, 0) is 9.84 Å². The molecule has 0 radical (unpaired) electrons. The number of hydrogen-bond acceptors (Lipinski definition) is 3. The van der Waals surface area contributed by atoms with E-state index in [9.17, 15) is 13.6 Å². The van der Waals surface area contributed by atoms with E-state index in [-0.39, 0.29) is 10.3 Å². The fraction of sp³-hybridized carbons (Fsp3) is 0.545. The normalized spacial score (nSPS) is 18.5.